The highest BCUT2D eigenvalue weighted by molar-refractivity contribution is 6.46. The van der Waals surface area contributed by atoms with Gasteiger partial charge in [-0.2, -0.15) is 0 Å². The molecule has 1 aliphatic heterocycles. The van der Waals surface area contributed by atoms with Crippen molar-refractivity contribution < 1.29 is 14.7 Å². The normalized spacial score (nSPS) is 18.6. The number of likely N-dealkylation sites (N-methyl/N-ethyl adjacent to an activating group) is 1. The number of rotatable bonds is 7. The minimum atomic E-state index is -0.701. The van der Waals surface area contributed by atoms with Crippen LogP contribution in [0.4, 0.5) is 0 Å². The van der Waals surface area contributed by atoms with E-state index in [0.717, 1.165) is 18.7 Å². The van der Waals surface area contributed by atoms with Gasteiger partial charge in [-0.3, -0.25) is 14.6 Å². The molecule has 0 bridgehead atoms. The van der Waals surface area contributed by atoms with Crippen molar-refractivity contribution in [2.24, 2.45) is 0 Å². The van der Waals surface area contributed by atoms with Gasteiger partial charge in [0.25, 0.3) is 11.7 Å². The second-order valence-electron chi connectivity index (χ2n) is 7.14. The van der Waals surface area contributed by atoms with Gasteiger partial charge in [-0.1, -0.05) is 49.7 Å². The van der Waals surface area contributed by atoms with Crippen LogP contribution < -0.4 is 0 Å². The summed E-state index contributed by atoms with van der Waals surface area (Å²) in [6.45, 7) is 8.82. The Morgan fingerprint density at radius 2 is 1.79 bits per heavy atom. The third kappa shape index (κ3) is 4.22. The number of aromatic nitrogens is 1. The standard InChI is InChI=1S/C23H27N3O3/c1-4-25(5-2)14-15-26-20(18-8-6-7-13-24-18)19(22(28)23(26)29)21(27)17-11-9-16(3)10-12-17/h6-13,20,27H,4-5,14-15H2,1-3H3. The van der Waals surface area contributed by atoms with Gasteiger partial charge in [-0.05, 0) is 32.1 Å². The van der Waals surface area contributed by atoms with Gasteiger partial charge in [-0.25, -0.2) is 0 Å². The number of benzene rings is 1. The minimum Gasteiger partial charge on any atom is -0.507 e. The lowest BCUT2D eigenvalue weighted by molar-refractivity contribution is -0.140. The van der Waals surface area contributed by atoms with Crippen LogP contribution in [0.2, 0.25) is 0 Å². The lowest BCUT2D eigenvalue weighted by Gasteiger charge is -2.27. The predicted octanol–water partition coefficient (Wildman–Crippen LogP) is 3.15. The maximum absolute atomic E-state index is 12.9. The van der Waals surface area contributed by atoms with E-state index in [1.54, 1.807) is 30.5 Å². The van der Waals surface area contributed by atoms with Gasteiger partial charge in [0.1, 0.15) is 11.8 Å². The van der Waals surface area contributed by atoms with Gasteiger partial charge in [0.2, 0.25) is 0 Å². The summed E-state index contributed by atoms with van der Waals surface area (Å²) in [5, 5.41) is 11.0. The molecule has 0 radical (unpaired) electrons. The lowest BCUT2D eigenvalue weighted by atomic mass is 9.98. The minimum absolute atomic E-state index is 0.0945. The number of hydrogen-bond acceptors (Lipinski definition) is 5. The molecule has 152 valence electrons. The Labute approximate surface area is 171 Å². The SMILES string of the molecule is CCN(CC)CCN1C(=O)C(=O)C(=C(O)c2ccc(C)cc2)C1c1ccccn1. The molecule has 6 heteroatoms. The molecule has 1 unspecified atom stereocenters. The van der Waals surface area contributed by atoms with Crippen LogP contribution in [0, 0.1) is 6.92 Å². The lowest BCUT2D eigenvalue weighted by Crippen LogP contribution is -2.38. The van der Waals surface area contributed by atoms with Crippen molar-refractivity contribution >= 4 is 17.4 Å². The average molecular weight is 393 g/mol. The van der Waals surface area contributed by atoms with Crippen molar-refractivity contribution in [2.75, 3.05) is 26.2 Å². The van der Waals surface area contributed by atoms with E-state index in [2.05, 4.69) is 23.7 Å². The highest BCUT2D eigenvalue weighted by Crippen LogP contribution is 2.38. The summed E-state index contributed by atoms with van der Waals surface area (Å²) in [7, 11) is 0. The zero-order valence-electron chi connectivity index (χ0n) is 17.1. The highest BCUT2D eigenvalue weighted by atomic mass is 16.3. The Kier molecular flexibility index (Phi) is 6.44. The van der Waals surface area contributed by atoms with Crippen LogP contribution in [0.25, 0.3) is 5.76 Å². The topological polar surface area (TPSA) is 73.7 Å². The summed E-state index contributed by atoms with van der Waals surface area (Å²) in [5.74, 6) is -1.43. The maximum Gasteiger partial charge on any atom is 0.295 e. The molecule has 1 N–H and O–H groups in total. The first-order valence-corrected chi connectivity index (χ1v) is 9.96. The number of aliphatic hydroxyl groups is 1. The summed E-state index contributed by atoms with van der Waals surface area (Å²) >= 11 is 0. The summed E-state index contributed by atoms with van der Waals surface area (Å²) in [6.07, 6.45) is 1.63. The summed E-state index contributed by atoms with van der Waals surface area (Å²) in [4.78, 5) is 33.9. The molecule has 0 spiro atoms. The first-order valence-electron chi connectivity index (χ1n) is 9.96. The molecule has 1 aliphatic rings. The molecule has 2 aromatic rings. The fraction of sp³-hybridized carbons (Fsp3) is 0.348. The van der Waals surface area contributed by atoms with E-state index < -0.39 is 17.7 Å². The monoisotopic (exact) mass is 393 g/mol. The molecule has 3 rings (SSSR count). The van der Waals surface area contributed by atoms with E-state index in [1.807, 2.05) is 25.1 Å². The number of aryl methyl sites for hydroxylation is 1. The number of carbonyl (C=O) groups is 2. The summed E-state index contributed by atoms with van der Waals surface area (Å²) in [5.41, 5.74) is 2.22. The fourth-order valence-electron chi connectivity index (χ4n) is 3.61. The number of carbonyl (C=O) groups excluding carboxylic acids is 2. The number of pyridine rings is 1. The number of nitrogens with zero attached hydrogens (tertiary/aromatic N) is 3. The van der Waals surface area contributed by atoms with E-state index in [0.29, 0.717) is 24.3 Å². The van der Waals surface area contributed by atoms with Gasteiger partial charge < -0.3 is 14.9 Å². The molecule has 29 heavy (non-hydrogen) atoms. The van der Waals surface area contributed by atoms with Crippen molar-refractivity contribution in [3.05, 3.63) is 71.1 Å². The molecule has 1 amide bonds. The van der Waals surface area contributed by atoms with Gasteiger partial charge in [0.15, 0.2) is 0 Å². The first kappa shape index (κ1) is 20.7. The molecular formula is C23H27N3O3. The Bertz CT molecular complexity index is 903. The second-order valence-corrected chi connectivity index (χ2v) is 7.14. The van der Waals surface area contributed by atoms with Gasteiger partial charge in [0, 0.05) is 24.8 Å². The molecule has 0 saturated carbocycles. The van der Waals surface area contributed by atoms with Gasteiger partial charge in [0.05, 0.1) is 11.3 Å². The second kappa shape index (κ2) is 9.01. The van der Waals surface area contributed by atoms with Crippen LogP contribution in [-0.2, 0) is 9.59 Å². The van der Waals surface area contributed by atoms with Crippen molar-refractivity contribution in [3.63, 3.8) is 0 Å². The van der Waals surface area contributed by atoms with Crippen LogP contribution in [0.1, 0.15) is 36.7 Å². The zero-order chi connectivity index (χ0) is 21.0. The molecule has 1 fully saturated rings. The Morgan fingerprint density at radius 1 is 1.10 bits per heavy atom. The van der Waals surface area contributed by atoms with Crippen LogP contribution in [-0.4, -0.2) is 57.8 Å². The number of hydrogen-bond donors (Lipinski definition) is 1. The largest absolute Gasteiger partial charge is 0.507 e. The number of likely N-dealkylation sites (tertiary alicyclic amines) is 1. The number of Topliss-reactive ketones (excluding diaryl/α,β-unsaturated/α-hetero) is 1. The first-order chi connectivity index (χ1) is 14.0. The van der Waals surface area contributed by atoms with Crippen molar-refractivity contribution in [1.82, 2.24) is 14.8 Å². The summed E-state index contributed by atoms with van der Waals surface area (Å²) in [6, 6.07) is 11.9. The smallest absolute Gasteiger partial charge is 0.295 e. The van der Waals surface area contributed by atoms with E-state index >= 15 is 0 Å². The van der Waals surface area contributed by atoms with Crippen LogP contribution in [0.3, 0.4) is 0 Å². The van der Waals surface area contributed by atoms with E-state index in [-0.39, 0.29) is 11.3 Å². The van der Waals surface area contributed by atoms with E-state index in [1.165, 1.54) is 4.90 Å². The fourth-order valence-corrected chi connectivity index (χ4v) is 3.61. The molecule has 1 aromatic carbocycles. The number of amides is 1. The third-order valence-corrected chi connectivity index (χ3v) is 5.38. The summed E-state index contributed by atoms with van der Waals surface area (Å²) < 4.78 is 0. The van der Waals surface area contributed by atoms with Crippen LogP contribution in [0.15, 0.2) is 54.2 Å². The van der Waals surface area contributed by atoms with E-state index in [4.69, 9.17) is 0 Å². The highest BCUT2D eigenvalue weighted by Gasteiger charge is 2.46. The van der Waals surface area contributed by atoms with Crippen LogP contribution in [0.5, 0.6) is 0 Å². The molecular weight excluding hydrogens is 366 g/mol. The quantitative estimate of drug-likeness (QED) is 0.444. The third-order valence-electron chi connectivity index (χ3n) is 5.38. The molecule has 1 atom stereocenters. The Morgan fingerprint density at radius 3 is 2.38 bits per heavy atom. The van der Waals surface area contributed by atoms with Crippen molar-refractivity contribution in [1.29, 1.82) is 0 Å². The Hall–Kier alpha value is -2.99. The van der Waals surface area contributed by atoms with Crippen molar-refractivity contribution in [3.8, 4) is 0 Å². The molecule has 2 heterocycles. The van der Waals surface area contributed by atoms with Gasteiger partial charge in [-0.15, -0.1) is 0 Å². The van der Waals surface area contributed by atoms with Gasteiger partial charge >= 0.3 is 0 Å². The average Bonchev–Trinajstić information content (AvgIpc) is 3.00. The van der Waals surface area contributed by atoms with Crippen LogP contribution >= 0.6 is 0 Å². The molecule has 1 aromatic heterocycles. The molecule has 0 aliphatic carbocycles. The predicted molar refractivity (Wildman–Crippen MR) is 112 cm³/mol. The Balaban J connectivity index is 2.06. The molecule has 6 nitrogen and oxygen atoms in total. The van der Waals surface area contributed by atoms with Crippen molar-refractivity contribution in [2.45, 2.75) is 26.8 Å². The number of ketones is 1. The number of aliphatic hydroxyl groups excluding tert-OH is 1. The zero-order valence-corrected chi connectivity index (χ0v) is 17.1. The van der Waals surface area contributed by atoms with E-state index in [9.17, 15) is 14.7 Å². The molecule has 1 saturated heterocycles. The maximum atomic E-state index is 12.9.